The van der Waals surface area contributed by atoms with E-state index in [9.17, 15) is 9.18 Å². The summed E-state index contributed by atoms with van der Waals surface area (Å²) in [5.74, 6) is -0.285. The van der Waals surface area contributed by atoms with E-state index in [-0.39, 0.29) is 11.5 Å². The summed E-state index contributed by atoms with van der Waals surface area (Å²) in [5.41, 5.74) is 2.02. The number of aromatic nitrogens is 2. The number of likely N-dealkylation sites (tertiary alicyclic amines) is 1. The van der Waals surface area contributed by atoms with Crippen molar-refractivity contribution < 1.29 is 4.39 Å². The fourth-order valence-corrected chi connectivity index (χ4v) is 4.89. The zero-order valence-electron chi connectivity index (χ0n) is 16.1. The Labute approximate surface area is 178 Å². The standard InChI is InChI=1S/C22H22Cl2FN3O/c1-27-8-6-22(7-9-27,16-2-4-19(25)5-3-16)28-20(14-26-21(28)29)12-15-10-17(23)13-18(24)11-15/h2-5,10-11,13-14H,6-9,12H2,1H3,(H,26,29). The molecule has 2 aromatic carbocycles. The van der Waals surface area contributed by atoms with Crippen LogP contribution in [0.4, 0.5) is 4.39 Å². The predicted molar refractivity (Wildman–Crippen MR) is 115 cm³/mol. The third-order valence-electron chi connectivity index (χ3n) is 5.78. The van der Waals surface area contributed by atoms with Crippen molar-refractivity contribution in [3.05, 3.63) is 91.8 Å². The molecule has 0 saturated carbocycles. The van der Waals surface area contributed by atoms with Gasteiger partial charge < -0.3 is 9.88 Å². The molecule has 29 heavy (non-hydrogen) atoms. The number of benzene rings is 2. The molecule has 1 N–H and O–H groups in total. The number of nitrogens with one attached hydrogen (secondary N) is 1. The number of aromatic amines is 1. The second kappa shape index (κ2) is 7.98. The second-order valence-corrected chi connectivity index (χ2v) is 8.59. The Balaban J connectivity index is 1.82. The van der Waals surface area contributed by atoms with E-state index >= 15 is 0 Å². The number of piperidine rings is 1. The minimum atomic E-state index is -0.533. The van der Waals surface area contributed by atoms with Crippen molar-refractivity contribution in [3.63, 3.8) is 0 Å². The van der Waals surface area contributed by atoms with Crippen LogP contribution >= 0.6 is 23.2 Å². The van der Waals surface area contributed by atoms with Gasteiger partial charge >= 0.3 is 5.69 Å². The minimum absolute atomic E-state index is 0.165. The summed E-state index contributed by atoms with van der Waals surface area (Å²) in [7, 11) is 2.07. The van der Waals surface area contributed by atoms with Gasteiger partial charge in [0.1, 0.15) is 5.82 Å². The highest BCUT2D eigenvalue weighted by molar-refractivity contribution is 6.34. The first kappa shape index (κ1) is 20.2. The lowest BCUT2D eigenvalue weighted by atomic mass is 9.80. The average molecular weight is 434 g/mol. The van der Waals surface area contributed by atoms with Crippen LogP contribution in [0.25, 0.3) is 0 Å². The number of nitrogens with zero attached hydrogens (tertiary/aromatic N) is 2. The van der Waals surface area contributed by atoms with Gasteiger partial charge in [0, 0.05) is 41.4 Å². The highest BCUT2D eigenvalue weighted by atomic mass is 35.5. The zero-order valence-corrected chi connectivity index (χ0v) is 17.6. The molecule has 4 nitrogen and oxygen atoms in total. The number of rotatable bonds is 4. The van der Waals surface area contributed by atoms with Gasteiger partial charge in [-0.25, -0.2) is 9.18 Å². The fraction of sp³-hybridized carbons (Fsp3) is 0.318. The largest absolute Gasteiger partial charge is 0.326 e. The maximum Gasteiger partial charge on any atom is 0.326 e. The number of halogens is 3. The van der Waals surface area contributed by atoms with Gasteiger partial charge in [-0.3, -0.25) is 4.57 Å². The molecule has 1 aliphatic heterocycles. The summed E-state index contributed by atoms with van der Waals surface area (Å²) < 4.78 is 15.4. The molecule has 1 aromatic heterocycles. The van der Waals surface area contributed by atoms with Gasteiger partial charge in [0.2, 0.25) is 0 Å². The number of H-pyrrole nitrogens is 1. The molecule has 0 bridgehead atoms. The van der Waals surface area contributed by atoms with Gasteiger partial charge in [0.15, 0.2) is 0 Å². The van der Waals surface area contributed by atoms with Gasteiger partial charge in [-0.2, -0.15) is 0 Å². The van der Waals surface area contributed by atoms with Gasteiger partial charge in [0.05, 0.1) is 5.54 Å². The lowest BCUT2D eigenvalue weighted by Crippen LogP contribution is -2.49. The molecular formula is C22H22Cl2FN3O. The van der Waals surface area contributed by atoms with Crippen LogP contribution < -0.4 is 5.69 Å². The van der Waals surface area contributed by atoms with Gasteiger partial charge in [-0.1, -0.05) is 35.3 Å². The SMILES string of the molecule is CN1CCC(c2ccc(F)cc2)(n2c(Cc3cc(Cl)cc(Cl)c3)c[nH]c2=O)CC1. The molecule has 1 saturated heterocycles. The van der Waals surface area contributed by atoms with E-state index < -0.39 is 5.54 Å². The molecule has 0 unspecified atom stereocenters. The number of hydrogen-bond acceptors (Lipinski definition) is 2. The van der Waals surface area contributed by atoms with E-state index in [0.717, 1.165) is 42.8 Å². The smallest absolute Gasteiger partial charge is 0.312 e. The summed E-state index contributed by atoms with van der Waals surface area (Å²) in [4.78, 5) is 18.1. The molecule has 3 aromatic rings. The Morgan fingerprint density at radius 1 is 1.07 bits per heavy atom. The van der Waals surface area contributed by atoms with Crippen LogP contribution in [-0.2, 0) is 12.0 Å². The highest BCUT2D eigenvalue weighted by Gasteiger charge is 2.39. The Bertz CT molecular complexity index is 1050. The molecule has 0 amide bonds. The third-order valence-corrected chi connectivity index (χ3v) is 6.22. The van der Waals surface area contributed by atoms with Crippen molar-refractivity contribution in [2.24, 2.45) is 0 Å². The molecule has 0 radical (unpaired) electrons. The first-order chi connectivity index (χ1) is 13.9. The molecule has 1 aliphatic rings. The molecule has 2 heterocycles. The molecule has 1 fully saturated rings. The van der Waals surface area contributed by atoms with Crippen LogP contribution in [0.1, 0.15) is 29.7 Å². The quantitative estimate of drug-likeness (QED) is 0.648. The average Bonchev–Trinajstić information content (AvgIpc) is 3.03. The predicted octanol–water partition coefficient (Wildman–Crippen LogP) is 4.68. The van der Waals surface area contributed by atoms with Crippen molar-refractivity contribution in [3.8, 4) is 0 Å². The van der Waals surface area contributed by atoms with Crippen LogP contribution in [0.3, 0.4) is 0 Å². The van der Waals surface area contributed by atoms with Crippen molar-refractivity contribution in [2.45, 2.75) is 24.8 Å². The summed E-state index contributed by atoms with van der Waals surface area (Å²) in [5, 5.41) is 1.12. The van der Waals surface area contributed by atoms with E-state index in [1.54, 1.807) is 24.4 Å². The van der Waals surface area contributed by atoms with E-state index in [4.69, 9.17) is 23.2 Å². The van der Waals surface area contributed by atoms with E-state index in [0.29, 0.717) is 16.5 Å². The molecule has 0 spiro atoms. The van der Waals surface area contributed by atoms with Crippen molar-refractivity contribution in [1.29, 1.82) is 0 Å². The summed E-state index contributed by atoms with van der Waals surface area (Å²) in [6.45, 7) is 1.69. The van der Waals surface area contributed by atoms with Crippen LogP contribution in [0.5, 0.6) is 0 Å². The topological polar surface area (TPSA) is 41.0 Å². The monoisotopic (exact) mass is 433 g/mol. The molecule has 0 aliphatic carbocycles. The molecular weight excluding hydrogens is 412 g/mol. The Kier molecular flexibility index (Phi) is 5.56. The van der Waals surface area contributed by atoms with E-state index in [1.807, 2.05) is 16.7 Å². The third kappa shape index (κ3) is 4.00. The first-order valence-electron chi connectivity index (χ1n) is 9.57. The summed E-state index contributed by atoms with van der Waals surface area (Å²) >= 11 is 12.3. The number of imidazole rings is 1. The number of hydrogen-bond donors (Lipinski definition) is 1. The van der Waals surface area contributed by atoms with E-state index in [1.165, 1.54) is 12.1 Å². The summed E-state index contributed by atoms with van der Waals surface area (Å²) in [6.07, 6.45) is 3.78. The van der Waals surface area contributed by atoms with Gasteiger partial charge in [-0.15, -0.1) is 0 Å². The maximum atomic E-state index is 13.6. The van der Waals surface area contributed by atoms with E-state index in [2.05, 4.69) is 16.9 Å². The van der Waals surface area contributed by atoms with Gasteiger partial charge in [-0.05, 0) is 61.3 Å². The zero-order chi connectivity index (χ0) is 20.6. The Morgan fingerprint density at radius 3 is 2.31 bits per heavy atom. The van der Waals surface area contributed by atoms with Crippen molar-refractivity contribution >= 4 is 23.2 Å². The molecule has 0 atom stereocenters. The second-order valence-electron chi connectivity index (χ2n) is 7.72. The molecule has 4 rings (SSSR count). The molecule has 7 heteroatoms. The minimum Gasteiger partial charge on any atom is -0.312 e. The maximum absolute atomic E-state index is 13.6. The highest BCUT2D eigenvalue weighted by Crippen LogP contribution is 2.37. The van der Waals surface area contributed by atoms with Crippen LogP contribution in [-0.4, -0.2) is 34.6 Å². The van der Waals surface area contributed by atoms with Crippen molar-refractivity contribution in [1.82, 2.24) is 14.5 Å². The van der Waals surface area contributed by atoms with Crippen LogP contribution in [0.15, 0.2) is 53.5 Å². The van der Waals surface area contributed by atoms with Gasteiger partial charge in [0.25, 0.3) is 0 Å². The van der Waals surface area contributed by atoms with Crippen molar-refractivity contribution in [2.75, 3.05) is 20.1 Å². The lowest BCUT2D eigenvalue weighted by Gasteiger charge is -2.42. The molecule has 152 valence electrons. The Hall–Kier alpha value is -2.08. The lowest BCUT2D eigenvalue weighted by molar-refractivity contribution is 0.157. The van der Waals surface area contributed by atoms with Crippen LogP contribution in [0, 0.1) is 5.82 Å². The first-order valence-corrected chi connectivity index (χ1v) is 10.3. The normalized spacial score (nSPS) is 16.8. The summed E-state index contributed by atoms with van der Waals surface area (Å²) in [6, 6.07) is 11.9. The Morgan fingerprint density at radius 2 is 1.69 bits per heavy atom. The van der Waals surface area contributed by atoms with Crippen LogP contribution in [0.2, 0.25) is 10.0 Å². The fourth-order valence-electron chi connectivity index (χ4n) is 4.32.